The average Bonchev–Trinajstić information content (AvgIpc) is 2.39. The summed E-state index contributed by atoms with van der Waals surface area (Å²) in [7, 11) is 0. The predicted molar refractivity (Wildman–Crippen MR) is 62.5 cm³/mol. The van der Waals surface area contributed by atoms with Crippen molar-refractivity contribution in [3.05, 3.63) is 0 Å². The van der Waals surface area contributed by atoms with Crippen LogP contribution in [-0.4, -0.2) is 63.2 Å². The van der Waals surface area contributed by atoms with Gasteiger partial charge < -0.3 is 28.4 Å². The van der Waals surface area contributed by atoms with Crippen molar-refractivity contribution in [2.24, 2.45) is 0 Å². The number of ether oxygens (including phenoxy) is 6. The fourth-order valence-corrected chi connectivity index (χ4v) is 2.23. The third-order valence-corrected chi connectivity index (χ3v) is 2.94. The first-order valence-corrected chi connectivity index (χ1v) is 6.31. The average molecular weight is 290 g/mol. The van der Waals surface area contributed by atoms with E-state index in [2.05, 4.69) is 0 Å². The lowest BCUT2D eigenvalue weighted by Gasteiger charge is -2.40. The van der Waals surface area contributed by atoms with Gasteiger partial charge in [-0.1, -0.05) is 0 Å². The van der Waals surface area contributed by atoms with E-state index in [0.717, 1.165) is 0 Å². The molecular formula is C12H18O8. The minimum Gasteiger partial charge on any atom is -0.457 e. The molecule has 4 unspecified atom stereocenters. The molecule has 2 aliphatic heterocycles. The molecule has 0 bridgehead atoms. The molecule has 0 saturated carbocycles. The molecule has 114 valence electrons. The molecule has 2 saturated heterocycles. The lowest BCUT2D eigenvalue weighted by Crippen LogP contribution is -2.57. The molecule has 2 fully saturated rings. The molecule has 0 aromatic rings. The van der Waals surface area contributed by atoms with Crippen LogP contribution >= 0.6 is 0 Å². The van der Waals surface area contributed by atoms with Gasteiger partial charge in [0, 0.05) is 13.8 Å². The molecule has 8 heteroatoms. The molecule has 0 spiro atoms. The largest absolute Gasteiger partial charge is 0.457 e. The highest BCUT2D eigenvalue weighted by molar-refractivity contribution is 5.66. The summed E-state index contributed by atoms with van der Waals surface area (Å²) in [5.41, 5.74) is 0. The molecular weight excluding hydrogens is 272 g/mol. The Hall–Kier alpha value is -1.22. The van der Waals surface area contributed by atoms with Crippen molar-refractivity contribution >= 4 is 11.9 Å². The summed E-state index contributed by atoms with van der Waals surface area (Å²) in [6.07, 6.45) is -2.35. The zero-order valence-electron chi connectivity index (χ0n) is 11.4. The molecule has 2 heterocycles. The first kappa shape index (κ1) is 15.2. The molecule has 8 nitrogen and oxygen atoms in total. The van der Waals surface area contributed by atoms with Gasteiger partial charge >= 0.3 is 11.9 Å². The van der Waals surface area contributed by atoms with Gasteiger partial charge in [0.1, 0.15) is 25.8 Å². The van der Waals surface area contributed by atoms with Crippen molar-refractivity contribution in [3.63, 3.8) is 0 Å². The van der Waals surface area contributed by atoms with E-state index in [4.69, 9.17) is 28.4 Å². The Morgan fingerprint density at radius 2 is 1.25 bits per heavy atom. The third kappa shape index (κ3) is 3.89. The summed E-state index contributed by atoms with van der Waals surface area (Å²) >= 11 is 0. The van der Waals surface area contributed by atoms with Gasteiger partial charge in [-0.15, -0.1) is 0 Å². The highest BCUT2D eigenvalue weighted by Crippen LogP contribution is 2.23. The smallest absolute Gasteiger partial charge is 0.303 e. The first-order chi connectivity index (χ1) is 9.58. The van der Waals surface area contributed by atoms with Gasteiger partial charge in [0.25, 0.3) is 0 Å². The number of hydrogen-bond acceptors (Lipinski definition) is 8. The Balaban J connectivity index is 2.07. The van der Waals surface area contributed by atoms with Crippen LogP contribution in [0, 0.1) is 0 Å². The Labute approximate surface area is 116 Å². The van der Waals surface area contributed by atoms with E-state index in [9.17, 15) is 9.59 Å². The van der Waals surface area contributed by atoms with Gasteiger partial charge in [0.2, 0.25) is 0 Å². The Kier molecular flexibility index (Phi) is 5.30. The van der Waals surface area contributed by atoms with Gasteiger partial charge in [0.05, 0.1) is 13.2 Å². The number of rotatable bonds is 3. The van der Waals surface area contributed by atoms with Crippen LogP contribution in [0.2, 0.25) is 0 Å². The van der Waals surface area contributed by atoms with Crippen LogP contribution < -0.4 is 0 Å². The second-order valence-corrected chi connectivity index (χ2v) is 4.54. The second kappa shape index (κ2) is 6.98. The standard InChI is InChI=1S/C12H18O8/c1-7(13)19-9-3-15-5-17-11(9)12-10(20-8(2)14)4-16-6-18-12/h9-12H,3-6H2,1-2H3. The van der Waals surface area contributed by atoms with E-state index >= 15 is 0 Å². The maximum atomic E-state index is 11.1. The van der Waals surface area contributed by atoms with Crippen molar-refractivity contribution in [3.8, 4) is 0 Å². The van der Waals surface area contributed by atoms with E-state index < -0.39 is 36.4 Å². The quantitative estimate of drug-likeness (QED) is 0.648. The van der Waals surface area contributed by atoms with Crippen molar-refractivity contribution in [1.29, 1.82) is 0 Å². The van der Waals surface area contributed by atoms with Crippen LogP contribution in [0.25, 0.3) is 0 Å². The van der Waals surface area contributed by atoms with E-state index in [0.29, 0.717) is 0 Å². The van der Waals surface area contributed by atoms with Crippen molar-refractivity contribution in [2.45, 2.75) is 38.3 Å². The second-order valence-electron chi connectivity index (χ2n) is 4.54. The summed E-state index contributed by atoms with van der Waals surface area (Å²) in [6, 6.07) is 0. The fourth-order valence-electron chi connectivity index (χ4n) is 2.23. The van der Waals surface area contributed by atoms with Gasteiger partial charge in [-0.25, -0.2) is 0 Å². The summed E-state index contributed by atoms with van der Waals surface area (Å²) < 4.78 is 31.5. The summed E-state index contributed by atoms with van der Waals surface area (Å²) in [5.74, 6) is -0.879. The monoisotopic (exact) mass is 290 g/mol. The third-order valence-electron chi connectivity index (χ3n) is 2.94. The normalized spacial score (nSPS) is 34.3. The van der Waals surface area contributed by atoms with Crippen molar-refractivity contribution in [1.82, 2.24) is 0 Å². The lowest BCUT2D eigenvalue weighted by atomic mass is 10.0. The van der Waals surface area contributed by atoms with Crippen LogP contribution in [0.15, 0.2) is 0 Å². The first-order valence-electron chi connectivity index (χ1n) is 6.31. The van der Waals surface area contributed by atoms with Gasteiger partial charge in [-0.05, 0) is 0 Å². The van der Waals surface area contributed by atoms with Gasteiger partial charge in [-0.3, -0.25) is 9.59 Å². The molecule has 0 amide bonds. The lowest BCUT2D eigenvalue weighted by molar-refractivity contribution is -0.282. The summed E-state index contributed by atoms with van der Waals surface area (Å²) in [5, 5.41) is 0. The van der Waals surface area contributed by atoms with Crippen LogP contribution in [-0.2, 0) is 38.0 Å². The summed E-state index contributed by atoms with van der Waals surface area (Å²) in [6.45, 7) is 3.15. The highest BCUT2D eigenvalue weighted by atomic mass is 16.7. The van der Waals surface area contributed by atoms with Crippen LogP contribution in [0.5, 0.6) is 0 Å². The number of esters is 2. The van der Waals surface area contributed by atoms with Crippen LogP contribution in [0.3, 0.4) is 0 Å². The zero-order chi connectivity index (χ0) is 14.5. The molecule has 0 aromatic heterocycles. The Morgan fingerprint density at radius 1 is 0.850 bits per heavy atom. The number of carbonyl (C=O) groups excluding carboxylic acids is 2. The number of carbonyl (C=O) groups is 2. The molecule has 4 atom stereocenters. The molecule has 0 aromatic carbocycles. The molecule has 2 rings (SSSR count). The fraction of sp³-hybridized carbons (Fsp3) is 0.833. The zero-order valence-corrected chi connectivity index (χ0v) is 11.4. The molecule has 2 aliphatic rings. The van der Waals surface area contributed by atoms with Gasteiger partial charge in [-0.2, -0.15) is 0 Å². The molecule has 0 N–H and O–H groups in total. The SMILES string of the molecule is CC(=O)OC1COCOC1C1OCOCC1OC(C)=O. The molecule has 0 radical (unpaired) electrons. The maximum Gasteiger partial charge on any atom is 0.303 e. The molecule has 20 heavy (non-hydrogen) atoms. The topological polar surface area (TPSA) is 89.5 Å². The van der Waals surface area contributed by atoms with E-state index in [-0.39, 0.29) is 26.8 Å². The minimum atomic E-state index is -0.609. The highest BCUT2D eigenvalue weighted by Gasteiger charge is 2.43. The predicted octanol–water partition coefficient (Wildman–Crippen LogP) is -0.404. The van der Waals surface area contributed by atoms with E-state index in [1.807, 2.05) is 0 Å². The molecule has 0 aliphatic carbocycles. The Morgan fingerprint density at radius 3 is 1.60 bits per heavy atom. The Bertz CT molecular complexity index is 323. The maximum absolute atomic E-state index is 11.1. The van der Waals surface area contributed by atoms with Gasteiger partial charge in [0.15, 0.2) is 12.2 Å². The van der Waals surface area contributed by atoms with E-state index in [1.54, 1.807) is 0 Å². The van der Waals surface area contributed by atoms with E-state index in [1.165, 1.54) is 13.8 Å². The summed E-state index contributed by atoms with van der Waals surface area (Å²) in [4.78, 5) is 22.2. The number of hydrogen-bond donors (Lipinski definition) is 0. The van der Waals surface area contributed by atoms with Crippen molar-refractivity contribution in [2.75, 3.05) is 26.8 Å². The van der Waals surface area contributed by atoms with Crippen molar-refractivity contribution < 1.29 is 38.0 Å². The van der Waals surface area contributed by atoms with Crippen LogP contribution in [0.1, 0.15) is 13.8 Å². The van der Waals surface area contributed by atoms with Crippen LogP contribution in [0.4, 0.5) is 0 Å². The minimum absolute atomic E-state index is 0.0654.